The maximum absolute atomic E-state index is 11.9. The van der Waals surface area contributed by atoms with Gasteiger partial charge in [-0.05, 0) is 38.9 Å². The van der Waals surface area contributed by atoms with Gasteiger partial charge < -0.3 is 9.73 Å². The maximum Gasteiger partial charge on any atom is 0.154 e. The van der Waals surface area contributed by atoms with Gasteiger partial charge in [-0.15, -0.1) is 0 Å². The van der Waals surface area contributed by atoms with Gasteiger partial charge in [-0.25, -0.2) is 8.42 Å². The van der Waals surface area contributed by atoms with Gasteiger partial charge in [-0.3, -0.25) is 0 Å². The van der Waals surface area contributed by atoms with Crippen LogP contribution in [0, 0.1) is 0 Å². The molecular weight excluding hydrogens is 238 g/mol. The van der Waals surface area contributed by atoms with E-state index in [1.54, 1.807) is 32.2 Å². The Balaban J connectivity index is 3.07. The molecule has 1 unspecified atom stereocenters. The van der Waals surface area contributed by atoms with Crippen molar-refractivity contribution in [3.05, 3.63) is 24.2 Å². The van der Waals surface area contributed by atoms with Crippen LogP contribution in [0.25, 0.3) is 0 Å². The quantitative estimate of drug-likeness (QED) is 0.850. The number of sulfone groups is 1. The number of nitrogens with one attached hydrogen (secondary N) is 1. The van der Waals surface area contributed by atoms with Gasteiger partial charge in [0.1, 0.15) is 5.76 Å². The monoisotopic (exact) mass is 259 g/mol. The first kappa shape index (κ1) is 14.3. The summed E-state index contributed by atoms with van der Waals surface area (Å²) in [6, 6.07) is 3.25. The summed E-state index contributed by atoms with van der Waals surface area (Å²) in [5.74, 6) is 0.661. The topological polar surface area (TPSA) is 59.3 Å². The Labute approximate surface area is 103 Å². The second-order valence-electron chi connectivity index (χ2n) is 4.78. The van der Waals surface area contributed by atoms with Crippen LogP contribution in [0.15, 0.2) is 22.8 Å². The Kier molecular flexibility index (Phi) is 4.38. The van der Waals surface area contributed by atoms with Crippen LogP contribution < -0.4 is 5.32 Å². The summed E-state index contributed by atoms with van der Waals surface area (Å²) in [6.45, 7) is 6.24. The first-order valence-corrected chi connectivity index (χ1v) is 7.66. The molecule has 1 aromatic heterocycles. The van der Waals surface area contributed by atoms with Gasteiger partial charge in [-0.2, -0.15) is 0 Å². The lowest BCUT2D eigenvalue weighted by atomic mass is 10.0. The standard InChI is InChI=1S/C12H21NO3S/c1-5-8-13-11(10-7-6-9-16-10)12(2,3)17(4,14)15/h6-7,9,11,13H,5,8H2,1-4H3. The molecule has 1 aromatic rings. The third kappa shape index (κ3) is 3.10. The van der Waals surface area contributed by atoms with Crippen LogP contribution >= 0.6 is 0 Å². The Bertz CT molecular complexity index is 434. The molecule has 98 valence electrons. The van der Waals surface area contributed by atoms with Crippen LogP contribution in [0.1, 0.15) is 39.0 Å². The van der Waals surface area contributed by atoms with E-state index >= 15 is 0 Å². The van der Waals surface area contributed by atoms with Crippen LogP contribution in [0.5, 0.6) is 0 Å². The van der Waals surface area contributed by atoms with Crippen molar-refractivity contribution < 1.29 is 12.8 Å². The summed E-state index contributed by atoms with van der Waals surface area (Å²) in [4.78, 5) is 0. The van der Waals surface area contributed by atoms with Gasteiger partial charge in [0.05, 0.1) is 17.1 Å². The fraction of sp³-hybridized carbons (Fsp3) is 0.667. The highest BCUT2D eigenvalue weighted by Crippen LogP contribution is 2.32. The molecule has 0 spiro atoms. The fourth-order valence-corrected chi connectivity index (χ4v) is 2.27. The Morgan fingerprint density at radius 1 is 1.47 bits per heavy atom. The Hall–Kier alpha value is -0.810. The average molecular weight is 259 g/mol. The zero-order valence-electron chi connectivity index (χ0n) is 10.9. The highest BCUT2D eigenvalue weighted by atomic mass is 32.2. The number of rotatable bonds is 6. The Morgan fingerprint density at radius 3 is 2.53 bits per heavy atom. The maximum atomic E-state index is 11.9. The Morgan fingerprint density at radius 2 is 2.12 bits per heavy atom. The molecule has 0 saturated heterocycles. The molecule has 0 aliphatic heterocycles. The normalized spacial score (nSPS) is 14.8. The summed E-state index contributed by atoms with van der Waals surface area (Å²) in [5.41, 5.74) is 0. The van der Waals surface area contributed by atoms with Crippen molar-refractivity contribution in [3.63, 3.8) is 0 Å². The summed E-state index contributed by atoms with van der Waals surface area (Å²) in [6.07, 6.45) is 3.77. The van der Waals surface area contributed by atoms with E-state index in [9.17, 15) is 8.42 Å². The molecule has 0 aliphatic rings. The first-order chi connectivity index (χ1) is 7.80. The molecule has 0 aliphatic carbocycles. The molecule has 1 atom stereocenters. The third-order valence-electron chi connectivity index (χ3n) is 3.08. The van der Waals surface area contributed by atoms with Gasteiger partial charge in [0.2, 0.25) is 0 Å². The number of furan rings is 1. The lowest BCUT2D eigenvalue weighted by Crippen LogP contribution is -2.45. The average Bonchev–Trinajstić information content (AvgIpc) is 2.69. The van der Waals surface area contributed by atoms with Crippen molar-refractivity contribution >= 4 is 9.84 Å². The summed E-state index contributed by atoms with van der Waals surface area (Å²) >= 11 is 0. The fourth-order valence-electron chi connectivity index (χ4n) is 1.65. The molecule has 1 rings (SSSR count). The summed E-state index contributed by atoms with van der Waals surface area (Å²) in [7, 11) is -3.18. The first-order valence-electron chi connectivity index (χ1n) is 5.77. The minimum Gasteiger partial charge on any atom is -0.468 e. The highest BCUT2D eigenvalue weighted by molar-refractivity contribution is 7.92. The lowest BCUT2D eigenvalue weighted by Gasteiger charge is -2.32. The van der Waals surface area contributed by atoms with Gasteiger partial charge in [0.15, 0.2) is 9.84 Å². The predicted molar refractivity (Wildman–Crippen MR) is 68.7 cm³/mol. The van der Waals surface area contributed by atoms with E-state index in [-0.39, 0.29) is 6.04 Å². The van der Waals surface area contributed by atoms with E-state index < -0.39 is 14.6 Å². The van der Waals surface area contributed by atoms with E-state index in [1.165, 1.54) is 6.26 Å². The minimum absolute atomic E-state index is 0.326. The lowest BCUT2D eigenvalue weighted by molar-refractivity contribution is 0.352. The summed E-state index contributed by atoms with van der Waals surface area (Å²) < 4.78 is 28.2. The molecule has 0 saturated carbocycles. The summed E-state index contributed by atoms with van der Waals surface area (Å²) in [5, 5.41) is 3.25. The molecule has 0 amide bonds. The molecule has 0 aromatic carbocycles. The molecular formula is C12H21NO3S. The molecule has 17 heavy (non-hydrogen) atoms. The van der Waals surface area contributed by atoms with Gasteiger partial charge in [0, 0.05) is 6.26 Å². The van der Waals surface area contributed by atoms with Crippen molar-refractivity contribution in [2.24, 2.45) is 0 Å². The zero-order valence-corrected chi connectivity index (χ0v) is 11.7. The smallest absolute Gasteiger partial charge is 0.154 e. The van der Waals surface area contributed by atoms with Crippen LogP contribution in [0.3, 0.4) is 0 Å². The SMILES string of the molecule is CCCNC(c1ccco1)C(C)(C)S(C)(=O)=O. The van der Waals surface area contributed by atoms with Crippen LogP contribution in [-0.4, -0.2) is 26.0 Å². The van der Waals surface area contributed by atoms with Crippen molar-refractivity contribution in [1.29, 1.82) is 0 Å². The molecule has 4 nitrogen and oxygen atoms in total. The molecule has 5 heteroatoms. The van der Waals surface area contributed by atoms with Crippen molar-refractivity contribution in [1.82, 2.24) is 5.32 Å². The predicted octanol–water partition coefficient (Wildman–Crippen LogP) is 2.14. The van der Waals surface area contributed by atoms with Crippen LogP contribution in [0.4, 0.5) is 0 Å². The van der Waals surface area contributed by atoms with E-state index in [1.807, 2.05) is 6.92 Å². The van der Waals surface area contributed by atoms with E-state index in [2.05, 4.69) is 5.32 Å². The molecule has 1 heterocycles. The minimum atomic E-state index is -3.18. The molecule has 0 bridgehead atoms. The second kappa shape index (κ2) is 5.23. The highest BCUT2D eigenvalue weighted by Gasteiger charge is 2.41. The van der Waals surface area contributed by atoms with Crippen molar-refractivity contribution in [3.8, 4) is 0 Å². The molecule has 1 N–H and O–H groups in total. The second-order valence-corrected chi connectivity index (χ2v) is 7.37. The molecule has 0 radical (unpaired) electrons. The number of hydrogen-bond donors (Lipinski definition) is 1. The zero-order chi connectivity index (χ0) is 13.1. The van der Waals surface area contributed by atoms with E-state index in [0.29, 0.717) is 5.76 Å². The van der Waals surface area contributed by atoms with Crippen molar-refractivity contribution in [2.75, 3.05) is 12.8 Å². The van der Waals surface area contributed by atoms with E-state index in [4.69, 9.17) is 4.42 Å². The van der Waals surface area contributed by atoms with Crippen LogP contribution in [0.2, 0.25) is 0 Å². The number of hydrogen-bond acceptors (Lipinski definition) is 4. The van der Waals surface area contributed by atoms with Crippen molar-refractivity contribution in [2.45, 2.75) is 38.0 Å². The van der Waals surface area contributed by atoms with Gasteiger partial charge >= 0.3 is 0 Å². The largest absolute Gasteiger partial charge is 0.468 e. The molecule has 0 fully saturated rings. The van der Waals surface area contributed by atoms with E-state index in [0.717, 1.165) is 13.0 Å². The van der Waals surface area contributed by atoms with Gasteiger partial charge in [0.25, 0.3) is 0 Å². The van der Waals surface area contributed by atoms with Gasteiger partial charge in [-0.1, -0.05) is 6.92 Å². The van der Waals surface area contributed by atoms with Crippen LogP contribution in [-0.2, 0) is 9.84 Å². The third-order valence-corrected chi connectivity index (χ3v) is 5.22.